The van der Waals surface area contributed by atoms with Gasteiger partial charge in [0.1, 0.15) is 5.76 Å². The lowest BCUT2D eigenvalue weighted by Gasteiger charge is -2.03. The first kappa shape index (κ1) is 17.6. The predicted molar refractivity (Wildman–Crippen MR) is 109 cm³/mol. The zero-order valence-corrected chi connectivity index (χ0v) is 15.7. The fourth-order valence-electron chi connectivity index (χ4n) is 2.88. The molecule has 0 atom stereocenters. The van der Waals surface area contributed by atoms with E-state index >= 15 is 0 Å². The molecule has 4 heteroatoms. The number of ketones is 1. The summed E-state index contributed by atoms with van der Waals surface area (Å²) in [5.74, 6) is 0.724. The Bertz CT molecular complexity index is 1080. The quantitative estimate of drug-likeness (QED) is 0.345. The van der Waals surface area contributed by atoms with Gasteiger partial charge >= 0.3 is 0 Å². The van der Waals surface area contributed by atoms with Gasteiger partial charge in [-0.25, -0.2) is 0 Å². The van der Waals surface area contributed by atoms with Crippen molar-refractivity contribution in [3.8, 4) is 22.5 Å². The zero-order chi connectivity index (χ0) is 18.8. The highest BCUT2D eigenvalue weighted by Crippen LogP contribution is 2.34. The molecule has 27 heavy (non-hydrogen) atoms. The van der Waals surface area contributed by atoms with Gasteiger partial charge in [0.05, 0.1) is 0 Å². The lowest BCUT2D eigenvalue weighted by atomic mass is 10.0. The fraction of sp³-hybridized carbons (Fsp3) is 0. The van der Waals surface area contributed by atoms with E-state index in [2.05, 4.69) is 0 Å². The number of hydrogen-bond acceptors (Lipinski definition) is 2. The van der Waals surface area contributed by atoms with Crippen LogP contribution in [0.5, 0.6) is 0 Å². The van der Waals surface area contributed by atoms with Crippen molar-refractivity contribution >= 4 is 29.0 Å². The van der Waals surface area contributed by atoms with E-state index in [0.29, 0.717) is 27.1 Å². The number of benzene rings is 3. The number of hydrogen-bond donors (Lipinski definition) is 0. The molecule has 3 aromatic carbocycles. The van der Waals surface area contributed by atoms with Crippen molar-refractivity contribution in [1.82, 2.24) is 0 Å². The average molecular weight is 393 g/mol. The second-order valence-electron chi connectivity index (χ2n) is 6.06. The summed E-state index contributed by atoms with van der Waals surface area (Å²) in [6.07, 6.45) is 0. The van der Waals surface area contributed by atoms with Crippen LogP contribution in [0.2, 0.25) is 10.0 Å². The maximum Gasteiger partial charge on any atom is 0.228 e. The Labute approximate surface area is 167 Å². The van der Waals surface area contributed by atoms with E-state index in [0.717, 1.165) is 16.7 Å². The Morgan fingerprint density at radius 1 is 0.704 bits per heavy atom. The van der Waals surface area contributed by atoms with Crippen molar-refractivity contribution in [2.24, 2.45) is 0 Å². The Hall–Kier alpha value is -2.81. The topological polar surface area (TPSA) is 30.2 Å². The maximum absolute atomic E-state index is 13.1. The molecule has 0 saturated carbocycles. The summed E-state index contributed by atoms with van der Waals surface area (Å²) in [5, 5.41) is 1.22. The highest BCUT2D eigenvalue weighted by atomic mass is 35.5. The molecule has 0 spiro atoms. The molecular formula is C23H14Cl2O2. The minimum Gasteiger partial charge on any atom is -0.452 e. The Morgan fingerprint density at radius 2 is 1.30 bits per heavy atom. The molecule has 0 aliphatic rings. The summed E-state index contributed by atoms with van der Waals surface area (Å²) in [6, 6.07) is 25.7. The first-order chi connectivity index (χ1) is 13.1. The molecule has 0 amide bonds. The van der Waals surface area contributed by atoms with Gasteiger partial charge in [-0.15, -0.1) is 0 Å². The van der Waals surface area contributed by atoms with E-state index in [4.69, 9.17) is 27.6 Å². The molecule has 2 nitrogen and oxygen atoms in total. The Kier molecular flexibility index (Phi) is 4.85. The van der Waals surface area contributed by atoms with Crippen molar-refractivity contribution in [2.75, 3.05) is 0 Å². The van der Waals surface area contributed by atoms with Gasteiger partial charge in [-0.05, 0) is 60.2 Å². The average Bonchev–Trinajstić information content (AvgIpc) is 3.15. The zero-order valence-electron chi connectivity index (χ0n) is 14.2. The van der Waals surface area contributed by atoms with E-state index in [1.54, 1.807) is 36.4 Å². The summed E-state index contributed by atoms with van der Waals surface area (Å²) < 4.78 is 6.02. The monoisotopic (exact) mass is 392 g/mol. The van der Waals surface area contributed by atoms with Crippen molar-refractivity contribution < 1.29 is 9.21 Å². The third-order valence-electron chi connectivity index (χ3n) is 4.26. The Morgan fingerprint density at radius 3 is 1.93 bits per heavy atom. The summed E-state index contributed by atoms with van der Waals surface area (Å²) in [4.78, 5) is 13.1. The lowest BCUT2D eigenvalue weighted by Crippen LogP contribution is -2.01. The predicted octanol–water partition coefficient (Wildman–Crippen LogP) is 7.15. The molecule has 0 unspecified atom stereocenters. The highest BCUT2D eigenvalue weighted by Gasteiger charge is 2.21. The van der Waals surface area contributed by atoms with Crippen molar-refractivity contribution in [1.29, 1.82) is 0 Å². The van der Waals surface area contributed by atoms with E-state index in [-0.39, 0.29) is 5.78 Å². The smallest absolute Gasteiger partial charge is 0.228 e. The van der Waals surface area contributed by atoms with Crippen LogP contribution in [0.3, 0.4) is 0 Å². The van der Waals surface area contributed by atoms with Crippen LogP contribution in [-0.2, 0) is 0 Å². The standard InChI is InChI=1S/C23H14Cl2O2/c24-18-10-6-16(7-11-18)21-14-20(15-4-2-1-3-5-15)23(27-21)22(26)17-8-12-19(25)13-9-17/h1-14H. The summed E-state index contributed by atoms with van der Waals surface area (Å²) in [7, 11) is 0. The van der Waals surface area contributed by atoms with Crippen molar-refractivity contribution in [3.05, 3.63) is 106 Å². The highest BCUT2D eigenvalue weighted by molar-refractivity contribution is 6.31. The van der Waals surface area contributed by atoms with Crippen LogP contribution >= 0.6 is 23.2 Å². The molecular weight excluding hydrogens is 379 g/mol. The van der Waals surface area contributed by atoms with Crippen LogP contribution in [0.15, 0.2) is 89.3 Å². The molecule has 132 valence electrons. The normalized spacial score (nSPS) is 10.7. The number of carbonyl (C=O) groups excluding carboxylic acids is 1. The largest absolute Gasteiger partial charge is 0.452 e. The van der Waals surface area contributed by atoms with E-state index in [1.807, 2.05) is 48.5 Å². The minimum absolute atomic E-state index is 0.189. The third kappa shape index (κ3) is 3.68. The van der Waals surface area contributed by atoms with Gasteiger partial charge in [0, 0.05) is 26.7 Å². The number of furan rings is 1. The van der Waals surface area contributed by atoms with Crippen molar-refractivity contribution in [2.45, 2.75) is 0 Å². The molecule has 0 saturated heterocycles. The first-order valence-electron chi connectivity index (χ1n) is 8.37. The number of rotatable bonds is 4. The van der Waals surface area contributed by atoms with Crippen LogP contribution in [0, 0.1) is 0 Å². The van der Waals surface area contributed by atoms with Crippen LogP contribution in [0.1, 0.15) is 16.1 Å². The SMILES string of the molecule is O=C(c1ccc(Cl)cc1)c1oc(-c2ccc(Cl)cc2)cc1-c1ccccc1. The summed E-state index contributed by atoms with van der Waals surface area (Å²) >= 11 is 11.9. The summed E-state index contributed by atoms with van der Waals surface area (Å²) in [6.45, 7) is 0. The number of carbonyl (C=O) groups is 1. The molecule has 4 aromatic rings. The van der Waals surface area contributed by atoms with Crippen LogP contribution in [0.4, 0.5) is 0 Å². The first-order valence-corrected chi connectivity index (χ1v) is 9.13. The maximum atomic E-state index is 13.1. The van der Waals surface area contributed by atoms with E-state index in [1.165, 1.54) is 0 Å². The van der Waals surface area contributed by atoms with Gasteiger partial charge in [-0.3, -0.25) is 4.79 Å². The molecule has 0 bridgehead atoms. The molecule has 0 aliphatic heterocycles. The molecule has 4 rings (SSSR count). The number of halogens is 2. The van der Waals surface area contributed by atoms with Crippen LogP contribution in [0.25, 0.3) is 22.5 Å². The second kappa shape index (κ2) is 7.43. The van der Waals surface area contributed by atoms with Crippen LogP contribution < -0.4 is 0 Å². The Balaban J connectivity index is 1.84. The van der Waals surface area contributed by atoms with Crippen LogP contribution in [-0.4, -0.2) is 5.78 Å². The molecule has 0 fully saturated rings. The summed E-state index contributed by atoms with van der Waals surface area (Å²) in [5.41, 5.74) is 3.04. The van der Waals surface area contributed by atoms with E-state index < -0.39 is 0 Å². The van der Waals surface area contributed by atoms with Gasteiger partial charge in [0.2, 0.25) is 5.78 Å². The molecule has 1 heterocycles. The molecule has 0 N–H and O–H groups in total. The van der Waals surface area contributed by atoms with Gasteiger partial charge in [-0.1, -0.05) is 53.5 Å². The van der Waals surface area contributed by atoms with Crippen molar-refractivity contribution in [3.63, 3.8) is 0 Å². The van der Waals surface area contributed by atoms with E-state index in [9.17, 15) is 4.79 Å². The molecule has 1 aromatic heterocycles. The molecule has 0 aliphatic carbocycles. The second-order valence-corrected chi connectivity index (χ2v) is 6.94. The van der Waals surface area contributed by atoms with Gasteiger partial charge in [-0.2, -0.15) is 0 Å². The molecule has 0 radical (unpaired) electrons. The minimum atomic E-state index is -0.189. The van der Waals surface area contributed by atoms with Gasteiger partial charge < -0.3 is 4.42 Å². The van der Waals surface area contributed by atoms with Gasteiger partial charge in [0.25, 0.3) is 0 Å². The lowest BCUT2D eigenvalue weighted by molar-refractivity contribution is 0.101. The fourth-order valence-corrected chi connectivity index (χ4v) is 3.13. The third-order valence-corrected chi connectivity index (χ3v) is 4.76. The van der Waals surface area contributed by atoms with Gasteiger partial charge in [0.15, 0.2) is 5.76 Å².